The molecule has 0 spiro atoms. The Hall–Kier alpha value is -3.61. The zero-order valence-electron chi connectivity index (χ0n) is 16.3. The fraction of sp³-hybridized carbons (Fsp3) is 0.227. The standard InChI is InChI=1S/C22H24N6O/c1-23-22(25-12-16-11-21(29)28-18-10-6-5-9-17(16)18)26-14-20-24-13-19(27-20)15-7-3-2-4-8-15/h2-10,13,16H,11-12,14H2,1H3,(H,24,27)(H,28,29)(H2,23,25,26). The number of hydrogen-bond donors (Lipinski definition) is 4. The van der Waals surface area contributed by atoms with E-state index in [1.165, 1.54) is 0 Å². The summed E-state index contributed by atoms with van der Waals surface area (Å²) in [5.41, 5.74) is 4.12. The van der Waals surface area contributed by atoms with Crippen LogP contribution in [0.5, 0.6) is 0 Å². The van der Waals surface area contributed by atoms with Gasteiger partial charge in [-0.1, -0.05) is 48.5 Å². The molecular formula is C22H24N6O. The van der Waals surface area contributed by atoms with Crippen molar-refractivity contribution in [1.29, 1.82) is 0 Å². The number of rotatable bonds is 5. The van der Waals surface area contributed by atoms with Gasteiger partial charge in [0.2, 0.25) is 5.91 Å². The highest BCUT2D eigenvalue weighted by Gasteiger charge is 2.24. The van der Waals surface area contributed by atoms with Crippen LogP contribution in [-0.4, -0.2) is 35.4 Å². The van der Waals surface area contributed by atoms with Gasteiger partial charge in [0.25, 0.3) is 0 Å². The van der Waals surface area contributed by atoms with E-state index in [0.29, 0.717) is 25.5 Å². The minimum absolute atomic E-state index is 0.0440. The molecule has 148 valence electrons. The number of guanidine groups is 1. The molecule has 0 bridgehead atoms. The molecule has 7 heteroatoms. The molecule has 1 amide bonds. The summed E-state index contributed by atoms with van der Waals surface area (Å²) in [4.78, 5) is 24.0. The van der Waals surface area contributed by atoms with Crippen LogP contribution in [0.1, 0.15) is 23.7 Å². The van der Waals surface area contributed by atoms with E-state index in [4.69, 9.17) is 0 Å². The fourth-order valence-electron chi connectivity index (χ4n) is 3.51. The van der Waals surface area contributed by atoms with Gasteiger partial charge in [-0.15, -0.1) is 0 Å². The number of H-pyrrole nitrogens is 1. The highest BCUT2D eigenvalue weighted by molar-refractivity contribution is 5.94. The highest BCUT2D eigenvalue weighted by atomic mass is 16.1. The van der Waals surface area contributed by atoms with Crippen molar-refractivity contribution in [3.8, 4) is 11.3 Å². The molecule has 29 heavy (non-hydrogen) atoms. The molecule has 0 aliphatic carbocycles. The summed E-state index contributed by atoms with van der Waals surface area (Å²) < 4.78 is 0. The van der Waals surface area contributed by atoms with E-state index in [2.05, 4.69) is 37.0 Å². The summed E-state index contributed by atoms with van der Waals surface area (Å²) >= 11 is 0. The molecule has 1 unspecified atom stereocenters. The van der Waals surface area contributed by atoms with Crippen LogP contribution in [0.4, 0.5) is 5.69 Å². The maximum atomic E-state index is 12.0. The average Bonchev–Trinajstić information content (AvgIpc) is 3.23. The van der Waals surface area contributed by atoms with Crippen LogP contribution in [0.15, 0.2) is 65.8 Å². The van der Waals surface area contributed by atoms with Crippen LogP contribution in [0.3, 0.4) is 0 Å². The molecule has 0 saturated heterocycles. The first kappa shape index (κ1) is 18.7. The molecule has 1 aliphatic heterocycles. The second kappa shape index (κ2) is 8.60. The lowest BCUT2D eigenvalue weighted by Crippen LogP contribution is -2.40. The predicted octanol–water partition coefficient (Wildman–Crippen LogP) is 2.87. The number of nitrogens with zero attached hydrogens (tertiary/aromatic N) is 2. The third-order valence-electron chi connectivity index (χ3n) is 4.98. The predicted molar refractivity (Wildman–Crippen MR) is 115 cm³/mol. The maximum Gasteiger partial charge on any atom is 0.225 e. The quantitative estimate of drug-likeness (QED) is 0.399. The fourth-order valence-corrected chi connectivity index (χ4v) is 3.51. The average molecular weight is 388 g/mol. The number of carbonyl (C=O) groups excluding carboxylic acids is 1. The number of aromatic nitrogens is 2. The lowest BCUT2D eigenvalue weighted by molar-refractivity contribution is -0.116. The van der Waals surface area contributed by atoms with E-state index < -0.39 is 0 Å². The van der Waals surface area contributed by atoms with E-state index in [1.54, 1.807) is 7.05 Å². The normalized spacial score (nSPS) is 16.1. The van der Waals surface area contributed by atoms with Crippen molar-refractivity contribution in [2.24, 2.45) is 4.99 Å². The van der Waals surface area contributed by atoms with Crippen LogP contribution in [0.2, 0.25) is 0 Å². The number of nitrogens with one attached hydrogen (secondary N) is 4. The van der Waals surface area contributed by atoms with Gasteiger partial charge in [0.1, 0.15) is 5.82 Å². The lowest BCUT2D eigenvalue weighted by atomic mass is 9.90. The van der Waals surface area contributed by atoms with Gasteiger partial charge >= 0.3 is 0 Å². The molecule has 2 aromatic carbocycles. The van der Waals surface area contributed by atoms with Gasteiger partial charge in [-0.25, -0.2) is 4.98 Å². The molecule has 1 atom stereocenters. The summed E-state index contributed by atoms with van der Waals surface area (Å²) in [7, 11) is 1.73. The summed E-state index contributed by atoms with van der Waals surface area (Å²) in [6.45, 7) is 1.14. The molecule has 1 aromatic heterocycles. The van der Waals surface area contributed by atoms with Crippen LogP contribution in [0, 0.1) is 0 Å². The summed E-state index contributed by atoms with van der Waals surface area (Å²) in [5, 5.41) is 9.53. The molecule has 0 fully saturated rings. The summed E-state index contributed by atoms with van der Waals surface area (Å²) in [5.74, 6) is 1.65. The Bertz CT molecular complexity index is 1010. The van der Waals surface area contributed by atoms with Crippen LogP contribution < -0.4 is 16.0 Å². The number of fused-ring (bicyclic) bond motifs is 1. The van der Waals surface area contributed by atoms with Crippen molar-refractivity contribution in [3.05, 3.63) is 72.2 Å². The van der Waals surface area contributed by atoms with Gasteiger partial charge < -0.3 is 20.9 Å². The van der Waals surface area contributed by atoms with E-state index in [9.17, 15) is 4.79 Å². The minimum Gasteiger partial charge on any atom is -0.356 e. The van der Waals surface area contributed by atoms with Crippen LogP contribution in [-0.2, 0) is 11.3 Å². The second-order valence-corrected chi connectivity index (χ2v) is 6.95. The molecule has 4 rings (SSSR count). The van der Waals surface area contributed by atoms with Crippen molar-refractivity contribution >= 4 is 17.6 Å². The largest absolute Gasteiger partial charge is 0.356 e. The highest BCUT2D eigenvalue weighted by Crippen LogP contribution is 2.31. The number of carbonyl (C=O) groups is 1. The maximum absolute atomic E-state index is 12.0. The SMILES string of the molecule is CN=C(NCc1ncc(-c2ccccc2)[nH]1)NCC1CC(=O)Nc2ccccc21. The Balaban J connectivity index is 1.34. The zero-order valence-corrected chi connectivity index (χ0v) is 16.3. The van der Waals surface area contributed by atoms with Crippen LogP contribution in [0.25, 0.3) is 11.3 Å². The van der Waals surface area contributed by atoms with Gasteiger partial charge in [0.15, 0.2) is 5.96 Å². The molecule has 7 nitrogen and oxygen atoms in total. The Morgan fingerprint density at radius 2 is 1.93 bits per heavy atom. The van der Waals surface area contributed by atoms with Crippen molar-refractivity contribution < 1.29 is 4.79 Å². The minimum atomic E-state index is 0.0440. The number of imidazole rings is 1. The number of hydrogen-bond acceptors (Lipinski definition) is 3. The van der Waals surface area contributed by atoms with Crippen molar-refractivity contribution in [2.45, 2.75) is 18.9 Å². The van der Waals surface area contributed by atoms with Crippen molar-refractivity contribution in [3.63, 3.8) is 0 Å². The number of aromatic amines is 1. The van der Waals surface area contributed by atoms with E-state index in [-0.39, 0.29) is 11.8 Å². The summed E-state index contributed by atoms with van der Waals surface area (Å²) in [6, 6.07) is 18.0. The number of benzene rings is 2. The molecule has 0 saturated carbocycles. The number of anilines is 1. The molecule has 2 heterocycles. The first-order chi connectivity index (χ1) is 14.2. The van der Waals surface area contributed by atoms with Gasteiger partial charge in [-0.05, 0) is 17.2 Å². The monoisotopic (exact) mass is 388 g/mol. The molecule has 3 aromatic rings. The Labute approximate surface area is 169 Å². The molecular weight excluding hydrogens is 364 g/mol. The van der Waals surface area contributed by atoms with Gasteiger partial charge in [0, 0.05) is 31.6 Å². The number of para-hydroxylation sites is 1. The second-order valence-electron chi connectivity index (χ2n) is 6.95. The van der Waals surface area contributed by atoms with Crippen LogP contribution >= 0.6 is 0 Å². The lowest BCUT2D eigenvalue weighted by Gasteiger charge is -2.26. The van der Waals surface area contributed by atoms with Gasteiger partial charge in [-0.2, -0.15) is 0 Å². The zero-order chi connectivity index (χ0) is 20.1. The number of aliphatic imine (C=N–C) groups is 1. The van der Waals surface area contributed by atoms with Crippen molar-refractivity contribution in [2.75, 3.05) is 18.9 Å². The van der Waals surface area contributed by atoms with E-state index in [0.717, 1.165) is 28.3 Å². The Kier molecular flexibility index (Phi) is 5.56. The van der Waals surface area contributed by atoms with Gasteiger partial charge in [-0.3, -0.25) is 9.79 Å². The van der Waals surface area contributed by atoms with Crippen molar-refractivity contribution in [1.82, 2.24) is 20.6 Å². The Morgan fingerprint density at radius 3 is 2.76 bits per heavy atom. The smallest absolute Gasteiger partial charge is 0.225 e. The van der Waals surface area contributed by atoms with E-state index in [1.807, 2.05) is 54.7 Å². The Morgan fingerprint density at radius 1 is 1.14 bits per heavy atom. The third-order valence-corrected chi connectivity index (χ3v) is 4.98. The van der Waals surface area contributed by atoms with Gasteiger partial charge in [0.05, 0.1) is 18.4 Å². The molecule has 0 radical (unpaired) electrons. The first-order valence-corrected chi connectivity index (χ1v) is 9.65. The molecule has 4 N–H and O–H groups in total. The first-order valence-electron chi connectivity index (χ1n) is 9.65. The molecule has 1 aliphatic rings. The number of amides is 1. The third kappa shape index (κ3) is 4.45. The topological polar surface area (TPSA) is 94.2 Å². The summed E-state index contributed by atoms with van der Waals surface area (Å²) in [6.07, 6.45) is 2.29. The van der Waals surface area contributed by atoms with E-state index >= 15 is 0 Å².